The van der Waals surface area contributed by atoms with Crippen LogP contribution in [-0.2, 0) is 24.3 Å². The number of non-ortho nitro benzene ring substituents is 1. The van der Waals surface area contributed by atoms with Crippen LogP contribution in [0.2, 0.25) is 0 Å². The van der Waals surface area contributed by atoms with Crippen molar-refractivity contribution in [3.8, 4) is 0 Å². The number of ether oxygens (including phenoxy) is 1. The summed E-state index contributed by atoms with van der Waals surface area (Å²) in [5.41, 5.74) is 2.05. The Morgan fingerprint density at radius 2 is 2.38 bits per heavy atom. The number of benzene rings is 1. The Morgan fingerprint density at radius 1 is 1.52 bits per heavy atom. The van der Waals surface area contributed by atoms with Gasteiger partial charge in [0.25, 0.3) is 11.6 Å². The molecule has 2 aromatic rings. The van der Waals surface area contributed by atoms with Crippen LogP contribution in [0.15, 0.2) is 22.7 Å². The lowest BCUT2D eigenvalue weighted by Crippen LogP contribution is -2.20. The van der Waals surface area contributed by atoms with Gasteiger partial charge in [0, 0.05) is 31.5 Å². The van der Waals surface area contributed by atoms with Crippen molar-refractivity contribution in [2.75, 3.05) is 18.6 Å². The van der Waals surface area contributed by atoms with Crippen LogP contribution in [-0.4, -0.2) is 28.7 Å². The summed E-state index contributed by atoms with van der Waals surface area (Å²) < 4.78 is 9.97. The number of hydrogen-bond acceptors (Lipinski definition) is 7. The van der Waals surface area contributed by atoms with Crippen LogP contribution in [0, 0.1) is 10.1 Å². The largest absolute Gasteiger partial charge is 0.375 e. The van der Waals surface area contributed by atoms with E-state index in [1.54, 1.807) is 19.2 Å². The first-order valence-corrected chi connectivity index (χ1v) is 6.50. The van der Waals surface area contributed by atoms with Gasteiger partial charge in [-0.2, -0.15) is 4.98 Å². The van der Waals surface area contributed by atoms with Crippen molar-refractivity contribution in [3.63, 3.8) is 0 Å². The maximum atomic E-state index is 10.9. The molecule has 0 unspecified atom stereocenters. The highest BCUT2D eigenvalue weighted by atomic mass is 16.6. The maximum absolute atomic E-state index is 10.9. The molecule has 110 valence electrons. The minimum absolute atomic E-state index is 0.0915. The van der Waals surface area contributed by atoms with Crippen LogP contribution in [0.5, 0.6) is 0 Å². The van der Waals surface area contributed by atoms with Crippen molar-refractivity contribution in [2.24, 2.45) is 0 Å². The molecule has 1 aliphatic rings. The van der Waals surface area contributed by atoms with Gasteiger partial charge in [0.15, 0.2) is 5.82 Å². The molecule has 2 heterocycles. The third-order valence-electron chi connectivity index (χ3n) is 3.38. The fourth-order valence-electron chi connectivity index (χ4n) is 2.42. The first-order chi connectivity index (χ1) is 10.2. The third kappa shape index (κ3) is 2.70. The van der Waals surface area contributed by atoms with E-state index in [0.29, 0.717) is 18.3 Å². The lowest BCUT2D eigenvalue weighted by atomic mass is 10.1. The second-order valence-electron chi connectivity index (χ2n) is 4.78. The second-order valence-corrected chi connectivity index (χ2v) is 4.78. The fourth-order valence-corrected chi connectivity index (χ4v) is 2.42. The average Bonchev–Trinajstić information content (AvgIpc) is 3.07. The predicted molar refractivity (Wildman–Crippen MR) is 72.9 cm³/mol. The van der Waals surface area contributed by atoms with Crippen LogP contribution in [0.25, 0.3) is 0 Å². The Balaban J connectivity index is 1.79. The van der Waals surface area contributed by atoms with E-state index in [1.165, 1.54) is 6.07 Å². The molecule has 0 saturated carbocycles. The Hall–Kier alpha value is -2.48. The minimum Gasteiger partial charge on any atom is -0.375 e. The molecule has 0 N–H and O–H groups in total. The van der Waals surface area contributed by atoms with Gasteiger partial charge in [-0.1, -0.05) is 11.2 Å². The number of anilines is 1. The van der Waals surface area contributed by atoms with E-state index in [-0.39, 0.29) is 17.2 Å². The van der Waals surface area contributed by atoms with Crippen molar-refractivity contribution in [3.05, 3.63) is 45.6 Å². The molecule has 1 aromatic heterocycles. The molecule has 0 aliphatic carbocycles. The summed E-state index contributed by atoms with van der Waals surface area (Å²) in [6.45, 7) is 1.51. The molecule has 0 spiro atoms. The van der Waals surface area contributed by atoms with Crippen LogP contribution < -0.4 is 4.90 Å². The van der Waals surface area contributed by atoms with Crippen LogP contribution >= 0.6 is 0 Å². The Morgan fingerprint density at radius 3 is 3.14 bits per heavy atom. The topological polar surface area (TPSA) is 94.5 Å². The standard InChI is InChI=1S/C13H14N4O4/c1-20-8-13-14-12(15-21-13)7-16-5-4-9-2-3-10(17(18)19)6-11(9)16/h2-3,6H,4-5,7-8H2,1H3. The number of rotatable bonds is 5. The van der Waals surface area contributed by atoms with E-state index in [1.807, 2.05) is 4.90 Å². The molecule has 0 amide bonds. The van der Waals surface area contributed by atoms with Gasteiger partial charge < -0.3 is 14.2 Å². The van der Waals surface area contributed by atoms with E-state index in [0.717, 1.165) is 24.2 Å². The summed E-state index contributed by atoms with van der Waals surface area (Å²) in [6.07, 6.45) is 0.857. The highest BCUT2D eigenvalue weighted by Crippen LogP contribution is 2.32. The van der Waals surface area contributed by atoms with Gasteiger partial charge >= 0.3 is 0 Å². The molecule has 1 aromatic carbocycles. The van der Waals surface area contributed by atoms with Gasteiger partial charge in [-0.05, 0) is 12.0 Å². The van der Waals surface area contributed by atoms with Crippen molar-refractivity contribution in [1.82, 2.24) is 10.1 Å². The van der Waals surface area contributed by atoms with Crippen LogP contribution in [0.3, 0.4) is 0 Å². The summed E-state index contributed by atoms with van der Waals surface area (Å²) in [5, 5.41) is 14.8. The van der Waals surface area contributed by atoms with Gasteiger partial charge in [-0.25, -0.2) is 0 Å². The number of fused-ring (bicyclic) bond motifs is 1. The van der Waals surface area contributed by atoms with E-state index in [9.17, 15) is 10.1 Å². The molecule has 8 heteroatoms. The fraction of sp³-hybridized carbons (Fsp3) is 0.385. The molecule has 3 rings (SSSR count). The molecule has 1 aliphatic heterocycles. The summed E-state index contributed by atoms with van der Waals surface area (Å²) in [6, 6.07) is 4.94. The minimum atomic E-state index is -0.387. The van der Waals surface area contributed by atoms with Gasteiger partial charge in [0.05, 0.1) is 11.5 Å². The number of nitro benzene ring substituents is 1. The maximum Gasteiger partial charge on any atom is 0.271 e. The average molecular weight is 290 g/mol. The van der Waals surface area contributed by atoms with E-state index < -0.39 is 0 Å². The second kappa shape index (κ2) is 5.49. The third-order valence-corrected chi connectivity index (χ3v) is 3.38. The monoisotopic (exact) mass is 290 g/mol. The molecule has 0 bridgehead atoms. The lowest BCUT2D eigenvalue weighted by Gasteiger charge is -2.16. The zero-order valence-corrected chi connectivity index (χ0v) is 11.5. The number of aromatic nitrogens is 2. The van der Waals surface area contributed by atoms with Crippen LogP contribution in [0.4, 0.5) is 11.4 Å². The summed E-state index contributed by atoms with van der Waals surface area (Å²) in [5.74, 6) is 0.965. The van der Waals surface area contributed by atoms with E-state index in [2.05, 4.69) is 10.1 Å². The van der Waals surface area contributed by atoms with Crippen LogP contribution in [0.1, 0.15) is 17.3 Å². The Kier molecular flexibility index (Phi) is 3.53. The predicted octanol–water partition coefficient (Wildman–Crippen LogP) is 1.69. The first-order valence-electron chi connectivity index (χ1n) is 6.50. The zero-order valence-electron chi connectivity index (χ0n) is 11.5. The molecule has 0 radical (unpaired) electrons. The smallest absolute Gasteiger partial charge is 0.271 e. The molecule has 21 heavy (non-hydrogen) atoms. The molecule has 0 atom stereocenters. The van der Waals surface area contributed by atoms with Crippen molar-refractivity contribution < 1.29 is 14.2 Å². The molecular weight excluding hydrogens is 276 g/mol. The Labute approximate surface area is 120 Å². The number of methoxy groups -OCH3 is 1. The first kappa shape index (κ1) is 13.5. The SMILES string of the molecule is COCc1nc(CN2CCc3ccc([N+](=O)[O-])cc32)no1. The summed E-state index contributed by atoms with van der Waals surface area (Å²) in [4.78, 5) is 16.7. The van der Waals surface area contributed by atoms with Crippen molar-refractivity contribution >= 4 is 11.4 Å². The number of nitro groups is 1. The van der Waals surface area contributed by atoms with Gasteiger partial charge in [-0.3, -0.25) is 10.1 Å². The molecule has 0 saturated heterocycles. The van der Waals surface area contributed by atoms with Crippen molar-refractivity contribution in [1.29, 1.82) is 0 Å². The van der Waals surface area contributed by atoms with E-state index in [4.69, 9.17) is 9.26 Å². The summed E-state index contributed by atoms with van der Waals surface area (Å²) >= 11 is 0. The van der Waals surface area contributed by atoms with Gasteiger partial charge in [0.1, 0.15) is 6.61 Å². The molecule has 0 fully saturated rings. The van der Waals surface area contributed by atoms with Crippen molar-refractivity contribution in [2.45, 2.75) is 19.6 Å². The van der Waals surface area contributed by atoms with E-state index >= 15 is 0 Å². The quantitative estimate of drug-likeness (QED) is 0.610. The normalized spacial score (nSPS) is 13.5. The zero-order chi connectivity index (χ0) is 14.8. The number of nitrogens with zero attached hydrogens (tertiary/aromatic N) is 4. The Bertz CT molecular complexity index is 670. The molecule has 8 nitrogen and oxygen atoms in total. The highest BCUT2D eigenvalue weighted by molar-refractivity contribution is 5.62. The van der Waals surface area contributed by atoms with Gasteiger partial charge in [0.2, 0.25) is 0 Å². The lowest BCUT2D eigenvalue weighted by molar-refractivity contribution is -0.384. The molecular formula is C13H14N4O4. The highest BCUT2D eigenvalue weighted by Gasteiger charge is 2.23. The van der Waals surface area contributed by atoms with Gasteiger partial charge in [-0.15, -0.1) is 0 Å². The summed E-state index contributed by atoms with van der Waals surface area (Å²) in [7, 11) is 1.56. The number of hydrogen-bond donors (Lipinski definition) is 0.